The number of hydrogen-bond acceptors (Lipinski definition) is 5. The molecule has 0 spiro atoms. The third kappa shape index (κ3) is 3.01. The number of fused-ring (bicyclic) bond motifs is 1. The maximum atomic E-state index is 10.8. The van der Waals surface area contributed by atoms with Crippen molar-refractivity contribution in [2.24, 2.45) is 0 Å². The van der Waals surface area contributed by atoms with Crippen LogP contribution >= 0.6 is 0 Å². The molecule has 0 radical (unpaired) electrons. The van der Waals surface area contributed by atoms with Crippen LogP contribution in [0.5, 0.6) is 0 Å². The molecule has 0 aliphatic carbocycles. The fourth-order valence-electron chi connectivity index (χ4n) is 2.24. The van der Waals surface area contributed by atoms with Crippen molar-refractivity contribution in [3.8, 4) is 11.4 Å². The quantitative estimate of drug-likeness (QED) is 0.440. The number of rotatable bonds is 5. The zero-order valence-electron chi connectivity index (χ0n) is 12.3. The molecule has 2 aromatic carbocycles. The van der Waals surface area contributed by atoms with Crippen molar-refractivity contribution in [3.05, 3.63) is 71.3 Å². The molecule has 3 aromatic rings. The molecule has 0 atom stereocenters. The molecule has 1 aromatic heterocycles. The Morgan fingerprint density at radius 2 is 1.87 bits per heavy atom. The Labute approximate surface area is 132 Å². The summed E-state index contributed by atoms with van der Waals surface area (Å²) >= 11 is 0. The van der Waals surface area contributed by atoms with Crippen LogP contribution in [0.15, 0.2) is 61.2 Å². The van der Waals surface area contributed by atoms with Gasteiger partial charge in [0.15, 0.2) is 5.82 Å². The predicted octanol–water partition coefficient (Wildman–Crippen LogP) is 3.80. The van der Waals surface area contributed by atoms with Crippen LogP contribution in [0.3, 0.4) is 0 Å². The van der Waals surface area contributed by atoms with Gasteiger partial charge in [0, 0.05) is 29.6 Å². The first-order chi connectivity index (χ1) is 11.2. The lowest BCUT2D eigenvalue weighted by atomic mass is 10.1. The second-order valence-corrected chi connectivity index (χ2v) is 4.89. The molecule has 6 nitrogen and oxygen atoms in total. The van der Waals surface area contributed by atoms with E-state index in [9.17, 15) is 10.1 Å². The topological polar surface area (TPSA) is 81.0 Å². The molecule has 0 aliphatic heterocycles. The average molecular weight is 306 g/mol. The lowest BCUT2D eigenvalue weighted by molar-refractivity contribution is -0.384. The number of nitrogens with one attached hydrogen (secondary N) is 1. The first-order valence-electron chi connectivity index (χ1n) is 7.05. The maximum absolute atomic E-state index is 10.8. The lowest BCUT2D eigenvalue weighted by Crippen LogP contribution is -2.03. The highest BCUT2D eigenvalue weighted by atomic mass is 16.6. The van der Waals surface area contributed by atoms with Gasteiger partial charge in [0.05, 0.1) is 10.4 Å². The van der Waals surface area contributed by atoms with Crippen LogP contribution in [0.25, 0.3) is 22.3 Å². The smallest absolute Gasteiger partial charge is 0.269 e. The van der Waals surface area contributed by atoms with Crippen LogP contribution < -0.4 is 5.32 Å². The molecule has 0 aliphatic rings. The third-order valence-electron chi connectivity index (χ3n) is 3.35. The minimum atomic E-state index is -0.428. The first kappa shape index (κ1) is 14.6. The van der Waals surface area contributed by atoms with Crippen LogP contribution in [-0.2, 0) is 0 Å². The van der Waals surface area contributed by atoms with Crippen LogP contribution in [0.4, 0.5) is 11.5 Å². The number of nitro benzene ring substituents is 1. The van der Waals surface area contributed by atoms with E-state index in [4.69, 9.17) is 0 Å². The first-order valence-corrected chi connectivity index (χ1v) is 7.05. The Kier molecular flexibility index (Phi) is 3.97. The highest BCUT2D eigenvalue weighted by molar-refractivity contribution is 5.90. The molecule has 23 heavy (non-hydrogen) atoms. The molecule has 0 amide bonds. The summed E-state index contributed by atoms with van der Waals surface area (Å²) in [6.45, 7) is 4.28. The summed E-state index contributed by atoms with van der Waals surface area (Å²) in [6, 6.07) is 13.9. The highest BCUT2D eigenvalue weighted by Gasteiger charge is 2.10. The van der Waals surface area contributed by atoms with E-state index < -0.39 is 4.92 Å². The van der Waals surface area contributed by atoms with E-state index in [0.29, 0.717) is 18.2 Å². The van der Waals surface area contributed by atoms with Gasteiger partial charge in [-0.3, -0.25) is 10.1 Å². The molecule has 6 heteroatoms. The Morgan fingerprint density at radius 3 is 2.57 bits per heavy atom. The van der Waals surface area contributed by atoms with E-state index in [0.717, 1.165) is 16.5 Å². The summed E-state index contributed by atoms with van der Waals surface area (Å²) in [7, 11) is 0. The fourth-order valence-corrected chi connectivity index (χ4v) is 2.24. The third-order valence-corrected chi connectivity index (χ3v) is 3.35. The number of nitrogens with zero attached hydrogens (tertiary/aromatic N) is 3. The molecule has 0 unspecified atom stereocenters. The second kappa shape index (κ2) is 6.23. The molecule has 0 bridgehead atoms. The number of non-ortho nitro benzene ring substituents is 1. The van der Waals surface area contributed by atoms with Crippen molar-refractivity contribution < 1.29 is 4.92 Å². The molecule has 0 fully saturated rings. The van der Waals surface area contributed by atoms with E-state index in [-0.39, 0.29) is 5.69 Å². The Morgan fingerprint density at radius 1 is 1.13 bits per heavy atom. The normalized spacial score (nSPS) is 10.4. The van der Waals surface area contributed by atoms with E-state index in [2.05, 4.69) is 21.9 Å². The number of para-hydroxylation sites is 1. The number of aromatic nitrogens is 2. The van der Waals surface area contributed by atoms with Crippen LogP contribution in [0.1, 0.15) is 0 Å². The van der Waals surface area contributed by atoms with Gasteiger partial charge in [-0.05, 0) is 24.3 Å². The van der Waals surface area contributed by atoms with E-state index in [1.807, 2.05) is 24.3 Å². The molecule has 1 heterocycles. The lowest BCUT2D eigenvalue weighted by Gasteiger charge is -2.09. The SMILES string of the molecule is C=CCNc1nc(-c2ccc([N+](=O)[O-])cc2)nc2ccccc12. The Balaban J connectivity index is 2.09. The molecular formula is C17H14N4O2. The van der Waals surface area contributed by atoms with E-state index >= 15 is 0 Å². The monoisotopic (exact) mass is 306 g/mol. The molecule has 0 saturated heterocycles. The maximum Gasteiger partial charge on any atom is 0.269 e. The van der Waals surface area contributed by atoms with Crippen molar-refractivity contribution in [3.63, 3.8) is 0 Å². The molecule has 114 valence electrons. The zero-order valence-corrected chi connectivity index (χ0v) is 12.3. The van der Waals surface area contributed by atoms with Crippen LogP contribution in [0, 0.1) is 10.1 Å². The summed E-state index contributed by atoms with van der Waals surface area (Å²) in [4.78, 5) is 19.4. The average Bonchev–Trinajstić information content (AvgIpc) is 2.59. The van der Waals surface area contributed by atoms with Gasteiger partial charge in [0.2, 0.25) is 0 Å². The van der Waals surface area contributed by atoms with Gasteiger partial charge in [-0.2, -0.15) is 0 Å². The fraction of sp³-hybridized carbons (Fsp3) is 0.0588. The molecule has 0 saturated carbocycles. The van der Waals surface area contributed by atoms with Crippen molar-refractivity contribution in [1.29, 1.82) is 0 Å². The van der Waals surface area contributed by atoms with Gasteiger partial charge in [-0.15, -0.1) is 6.58 Å². The largest absolute Gasteiger partial charge is 0.366 e. The number of anilines is 1. The number of nitro groups is 1. The van der Waals surface area contributed by atoms with Gasteiger partial charge in [0.1, 0.15) is 5.82 Å². The predicted molar refractivity (Wildman–Crippen MR) is 90.3 cm³/mol. The zero-order chi connectivity index (χ0) is 16.2. The summed E-state index contributed by atoms with van der Waals surface area (Å²) < 4.78 is 0. The summed E-state index contributed by atoms with van der Waals surface area (Å²) in [5, 5.41) is 14.9. The number of hydrogen-bond donors (Lipinski definition) is 1. The molecular weight excluding hydrogens is 292 g/mol. The minimum absolute atomic E-state index is 0.0412. The van der Waals surface area contributed by atoms with Crippen molar-refractivity contribution in [2.75, 3.05) is 11.9 Å². The van der Waals surface area contributed by atoms with Crippen molar-refractivity contribution in [2.45, 2.75) is 0 Å². The summed E-state index contributed by atoms with van der Waals surface area (Å²) in [5.41, 5.74) is 1.57. The van der Waals surface area contributed by atoms with Gasteiger partial charge in [-0.1, -0.05) is 18.2 Å². The summed E-state index contributed by atoms with van der Waals surface area (Å²) in [6.07, 6.45) is 1.75. The summed E-state index contributed by atoms with van der Waals surface area (Å²) in [5.74, 6) is 1.23. The van der Waals surface area contributed by atoms with Crippen molar-refractivity contribution >= 4 is 22.4 Å². The van der Waals surface area contributed by atoms with Gasteiger partial charge in [0.25, 0.3) is 5.69 Å². The van der Waals surface area contributed by atoms with Crippen LogP contribution in [-0.4, -0.2) is 21.4 Å². The second-order valence-electron chi connectivity index (χ2n) is 4.89. The number of benzene rings is 2. The Bertz CT molecular complexity index is 875. The van der Waals surface area contributed by atoms with Gasteiger partial charge < -0.3 is 5.32 Å². The van der Waals surface area contributed by atoms with E-state index in [1.54, 1.807) is 18.2 Å². The van der Waals surface area contributed by atoms with E-state index in [1.165, 1.54) is 12.1 Å². The van der Waals surface area contributed by atoms with Crippen LogP contribution in [0.2, 0.25) is 0 Å². The Hall–Kier alpha value is -3.28. The van der Waals surface area contributed by atoms with Crippen molar-refractivity contribution in [1.82, 2.24) is 9.97 Å². The van der Waals surface area contributed by atoms with Gasteiger partial charge >= 0.3 is 0 Å². The van der Waals surface area contributed by atoms with Gasteiger partial charge in [-0.25, -0.2) is 9.97 Å². The minimum Gasteiger partial charge on any atom is -0.366 e. The molecule has 3 rings (SSSR count). The standard InChI is InChI=1S/C17H14N4O2/c1-2-11-18-17-14-5-3-4-6-15(14)19-16(20-17)12-7-9-13(10-8-12)21(22)23/h2-10H,1,11H2,(H,18,19,20). The molecule has 1 N–H and O–H groups in total. The highest BCUT2D eigenvalue weighted by Crippen LogP contribution is 2.25.